The van der Waals surface area contributed by atoms with E-state index in [-0.39, 0.29) is 38.1 Å². The summed E-state index contributed by atoms with van der Waals surface area (Å²) in [6.07, 6.45) is -2.85. The first-order valence-electron chi connectivity index (χ1n) is 10.5. The predicted octanol–water partition coefficient (Wildman–Crippen LogP) is 3.58. The molecule has 0 aliphatic carbocycles. The Kier molecular flexibility index (Phi) is 9.74. The number of pyridine rings is 1. The van der Waals surface area contributed by atoms with Gasteiger partial charge in [0, 0.05) is 26.5 Å². The quantitative estimate of drug-likeness (QED) is 0.193. The van der Waals surface area contributed by atoms with E-state index in [2.05, 4.69) is 15.0 Å². The van der Waals surface area contributed by atoms with Gasteiger partial charge in [-0.2, -0.15) is 23.1 Å². The van der Waals surface area contributed by atoms with E-state index in [0.29, 0.717) is 12.0 Å². The molecule has 0 aliphatic heterocycles. The summed E-state index contributed by atoms with van der Waals surface area (Å²) in [6.45, 7) is 4.09. The third-order valence-corrected chi connectivity index (χ3v) is 4.56. The zero-order valence-electron chi connectivity index (χ0n) is 19.0. The van der Waals surface area contributed by atoms with E-state index in [1.165, 1.54) is 18.1 Å². The molecule has 0 amide bonds. The number of nitrogens with two attached hydrogens (primary N) is 1. The standard InChI is InChI=1S/C20H27F3N6O5/c1-4-6-9-34-19-26-17(24)16(29(30)31)18(27-19)28(12-15(32-3)33-5-2)11-13-7-8-14(25-10-13)20(21,22)23/h7-8,10,15H,4-6,9,11-12H2,1-3H3,(H2,24,26,27). The first-order chi connectivity index (χ1) is 16.1. The van der Waals surface area contributed by atoms with Crippen LogP contribution in [-0.2, 0) is 22.2 Å². The highest BCUT2D eigenvalue weighted by molar-refractivity contribution is 5.69. The number of hydrogen-bond acceptors (Lipinski definition) is 10. The Bertz CT molecular complexity index is 946. The minimum absolute atomic E-state index is 0.0585. The van der Waals surface area contributed by atoms with E-state index in [1.807, 2.05) is 6.92 Å². The van der Waals surface area contributed by atoms with Crippen LogP contribution in [0.3, 0.4) is 0 Å². The van der Waals surface area contributed by atoms with E-state index in [9.17, 15) is 23.3 Å². The van der Waals surface area contributed by atoms with Gasteiger partial charge < -0.3 is 24.8 Å². The van der Waals surface area contributed by atoms with Crippen molar-refractivity contribution in [3.8, 4) is 6.01 Å². The second-order valence-corrected chi connectivity index (χ2v) is 7.07. The van der Waals surface area contributed by atoms with Crippen molar-refractivity contribution in [3.05, 3.63) is 39.7 Å². The number of methoxy groups -OCH3 is 1. The molecular weight excluding hydrogens is 461 g/mol. The van der Waals surface area contributed by atoms with Crippen LogP contribution in [0.2, 0.25) is 0 Å². The lowest BCUT2D eigenvalue weighted by molar-refractivity contribution is -0.383. The molecule has 2 heterocycles. The van der Waals surface area contributed by atoms with E-state index < -0.39 is 34.6 Å². The molecule has 0 fully saturated rings. The van der Waals surface area contributed by atoms with Gasteiger partial charge in [-0.1, -0.05) is 19.4 Å². The summed E-state index contributed by atoms with van der Waals surface area (Å²) in [5.74, 6) is -0.604. The lowest BCUT2D eigenvalue weighted by Gasteiger charge is -2.27. The molecule has 11 nitrogen and oxygen atoms in total. The van der Waals surface area contributed by atoms with Gasteiger partial charge in [-0.05, 0) is 25.0 Å². The molecule has 0 radical (unpaired) electrons. The first kappa shape index (κ1) is 27.0. The summed E-state index contributed by atoms with van der Waals surface area (Å²) in [4.78, 5) is 23.9. The van der Waals surface area contributed by atoms with E-state index >= 15 is 0 Å². The molecule has 0 spiro atoms. The normalized spacial score (nSPS) is 12.4. The van der Waals surface area contributed by atoms with Gasteiger partial charge in [-0.3, -0.25) is 15.1 Å². The largest absolute Gasteiger partial charge is 0.463 e. The maximum Gasteiger partial charge on any atom is 0.433 e. The SMILES string of the molecule is CCCCOc1nc(N)c([N+](=O)[O-])c(N(Cc2ccc(C(F)(F)F)nc2)CC(OC)OCC)n1. The summed E-state index contributed by atoms with van der Waals surface area (Å²) in [5, 5.41) is 11.8. The highest BCUT2D eigenvalue weighted by Gasteiger charge is 2.33. The van der Waals surface area contributed by atoms with Gasteiger partial charge in [-0.15, -0.1) is 0 Å². The average molecular weight is 488 g/mol. The number of halogens is 3. The predicted molar refractivity (Wildman–Crippen MR) is 116 cm³/mol. The number of alkyl halides is 3. The van der Waals surface area contributed by atoms with Gasteiger partial charge in [0.1, 0.15) is 5.69 Å². The molecule has 2 N–H and O–H groups in total. The Morgan fingerprint density at radius 1 is 1.26 bits per heavy atom. The van der Waals surface area contributed by atoms with Crippen LogP contribution < -0.4 is 15.4 Å². The summed E-state index contributed by atoms with van der Waals surface area (Å²) in [5.41, 5.74) is 4.55. The summed E-state index contributed by atoms with van der Waals surface area (Å²) >= 11 is 0. The molecule has 0 saturated carbocycles. The highest BCUT2D eigenvalue weighted by Crippen LogP contribution is 2.34. The number of ether oxygens (including phenoxy) is 3. The molecule has 14 heteroatoms. The molecule has 34 heavy (non-hydrogen) atoms. The second kappa shape index (κ2) is 12.3. The molecule has 0 aliphatic rings. The fourth-order valence-corrected chi connectivity index (χ4v) is 2.90. The van der Waals surface area contributed by atoms with Crippen LogP contribution in [-0.4, -0.2) is 53.0 Å². The number of aromatic nitrogens is 3. The molecule has 188 valence electrons. The number of rotatable bonds is 13. The molecule has 1 unspecified atom stereocenters. The van der Waals surface area contributed by atoms with Gasteiger partial charge in [-0.25, -0.2) is 0 Å². The van der Waals surface area contributed by atoms with Crippen LogP contribution in [0.5, 0.6) is 6.01 Å². The van der Waals surface area contributed by atoms with Crippen molar-refractivity contribution in [2.24, 2.45) is 0 Å². The van der Waals surface area contributed by atoms with Crippen LogP contribution in [0.25, 0.3) is 0 Å². The molecule has 0 bridgehead atoms. The molecular formula is C20H27F3N6O5. The van der Waals surface area contributed by atoms with E-state index in [4.69, 9.17) is 19.9 Å². The first-order valence-corrected chi connectivity index (χ1v) is 10.5. The number of anilines is 2. The van der Waals surface area contributed by atoms with Crippen LogP contribution in [0, 0.1) is 10.1 Å². The minimum Gasteiger partial charge on any atom is -0.463 e. The van der Waals surface area contributed by atoms with Gasteiger partial charge in [0.25, 0.3) is 0 Å². The van der Waals surface area contributed by atoms with E-state index in [0.717, 1.165) is 18.7 Å². The molecule has 0 aromatic carbocycles. The van der Waals surface area contributed by atoms with Crippen molar-refractivity contribution in [2.75, 3.05) is 37.5 Å². The summed E-state index contributed by atoms with van der Waals surface area (Å²) in [6, 6.07) is 1.89. The van der Waals surface area contributed by atoms with Crippen molar-refractivity contribution >= 4 is 17.3 Å². The van der Waals surface area contributed by atoms with Gasteiger partial charge >= 0.3 is 17.9 Å². The molecule has 1 atom stereocenters. The van der Waals surface area contributed by atoms with Crippen LogP contribution >= 0.6 is 0 Å². The summed E-state index contributed by atoms with van der Waals surface area (Å²) < 4.78 is 54.9. The molecule has 2 aromatic rings. The van der Waals surface area contributed by atoms with Crippen molar-refractivity contribution < 1.29 is 32.3 Å². The maximum atomic E-state index is 12.9. The summed E-state index contributed by atoms with van der Waals surface area (Å²) in [7, 11) is 1.39. The highest BCUT2D eigenvalue weighted by atomic mass is 19.4. The number of nitrogen functional groups attached to an aromatic ring is 1. The monoisotopic (exact) mass is 488 g/mol. The average Bonchev–Trinajstić information content (AvgIpc) is 2.77. The van der Waals surface area contributed by atoms with Crippen molar-refractivity contribution in [3.63, 3.8) is 0 Å². The Morgan fingerprint density at radius 3 is 2.53 bits per heavy atom. The smallest absolute Gasteiger partial charge is 0.433 e. The number of nitro groups is 1. The van der Waals surface area contributed by atoms with E-state index in [1.54, 1.807) is 6.92 Å². The lowest BCUT2D eigenvalue weighted by Crippen LogP contribution is -2.36. The number of nitrogens with zero attached hydrogens (tertiary/aromatic N) is 5. The fraction of sp³-hybridized carbons (Fsp3) is 0.550. The Labute approximate surface area is 194 Å². The van der Waals surface area contributed by atoms with Gasteiger partial charge in [0.05, 0.1) is 18.1 Å². The van der Waals surface area contributed by atoms with Crippen molar-refractivity contribution in [1.29, 1.82) is 0 Å². The van der Waals surface area contributed by atoms with Gasteiger partial charge in [0.15, 0.2) is 6.29 Å². The second-order valence-electron chi connectivity index (χ2n) is 7.07. The Balaban J connectivity index is 2.50. The van der Waals surface area contributed by atoms with Crippen LogP contribution in [0.1, 0.15) is 37.9 Å². The minimum atomic E-state index is -4.60. The molecule has 2 rings (SSSR count). The number of unbranched alkanes of at least 4 members (excludes halogenated alkanes) is 1. The zero-order chi connectivity index (χ0) is 25.3. The van der Waals surface area contributed by atoms with Gasteiger partial charge in [0.2, 0.25) is 11.6 Å². The van der Waals surface area contributed by atoms with Crippen molar-refractivity contribution in [2.45, 2.75) is 45.7 Å². The zero-order valence-corrected chi connectivity index (χ0v) is 19.0. The molecule has 2 aromatic heterocycles. The lowest BCUT2D eigenvalue weighted by atomic mass is 10.2. The van der Waals surface area contributed by atoms with Crippen molar-refractivity contribution in [1.82, 2.24) is 15.0 Å². The van der Waals surface area contributed by atoms with Crippen LogP contribution in [0.15, 0.2) is 18.3 Å². The maximum absolute atomic E-state index is 12.9. The van der Waals surface area contributed by atoms with Crippen LogP contribution in [0.4, 0.5) is 30.5 Å². The number of hydrogen-bond donors (Lipinski definition) is 1. The third-order valence-electron chi connectivity index (χ3n) is 4.56. The Morgan fingerprint density at radius 2 is 2.00 bits per heavy atom. The fourth-order valence-electron chi connectivity index (χ4n) is 2.90. The topological polar surface area (TPSA) is 139 Å². The Hall–Kier alpha value is -3.26. The molecule has 0 saturated heterocycles. The third kappa shape index (κ3) is 7.38.